The van der Waals surface area contributed by atoms with Gasteiger partial charge in [-0.2, -0.15) is 0 Å². The molecule has 0 aliphatic heterocycles. The number of fused-ring (bicyclic) bond motifs is 1. The normalized spacial score (nSPS) is 16.3. The van der Waals surface area contributed by atoms with Crippen LogP contribution in [0, 0.1) is 5.92 Å². The van der Waals surface area contributed by atoms with E-state index in [1.807, 2.05) is 18.2 Å². The number of nitrogens with two attached hydrogens (primary N) is 1. The number of hydrogen-bond acceptors (Lipinski definition) is 3. The molecule has 5 heteroatoms. The molecule has 3 N–H and O–H groups in total. The van der Waals surface area contributed by atoms with Gasteiger partial charge in [-0.3, -0.25) is 0 Å². The Labute approximate surface area is 105 Å². The zero-order valence-electron chi connectivity index (χ0n) is 10.1. The van der Waals surface area contributed by atoms with Gasteiger partial charge in [0.2, 0.25) is 0 Å². The molecule has 0 bridgehead atoms. The number of amidine groups is 1. The minimum absolute atomic E-state index is 0.197. The Morgan fingerprint density at radius 2 is 2.22 bits per heavy atom. The minimum atomic E-state index is 0.197. The summed E-state index contributed by atoms with van der Waals surface area (Å²) in [6.45, 7) is 0.981. The standard InChI is InChI=1S/C13H16N4O/c14-12(16-18)7-13-15-10-3-1-2-4-11(10)17(13)8-9-5-6-9/h1-4,9,18H,5-8H2,(H2,14,16). The molecule has 0 amide bonds. The van der Waals surface area contributed by atoms with Crippen LogP contribution in [0.5, 0.6) is 0 Å². The van der Waals surface area contributed by atoms with Crippen molar-refractivity contribution in [3.63, 3.8) is 0 Å². The van der Waals surface area contributed by atoms with Crippen molar-refractivity contribution in [3.05, 3.63) is 30.1 Å². The Bertz CT molecular complexity index is 598. The molecular formula is C13H16N4O. The largest absolute Gasteiger partial charge is 0.409 e. The summed E-state index contributed by atoms with van der Waals surface area (Å²) in [5.74, 6) is 1.83. The van der Waals surface area contributed by atoms with Crippen LogP contribution < -0.4 is 5.73 Å². The maximum absolute atomic E-state index is 8.68. The molecule has 2 aromatic rings. The van der Waals surface area contributed by atoms with Gasteiger partial charge in [-0.15, -0.1) is 0 Å². The second-order valence-electron chi connectivity index (χ2n) is 4.84. The van der Waals surface area contributed by atoms with Crippen LogP contribution in [0.1, 0.15) is 18.7 Å². The van der Waals surface area contributed by atoms with Crippen LogP contribution >= 0.6 is 0 Å². The SMILES string of the molecule is NC(Cc1nc2ccccc2n1CC1CC1)=NO. The molecule has 3 rings (SSSR count). The first-order valence-electron chi connectivity index (χ1n) is 6.18. The molecule has 0 atom stereocenters. The van der Waals surface area contributed by atoms with Crippen LogP contribution in [0.25, 0.3) is 11.0 Å². The van der Waals surface area contributed by atoms with E-state index in [1.165, 1.54) is 12.8 Å². The van der Waals surface area contributed by atoms with Crippen LogP contribution in [0.2, 0.25) is 0 Å². The molecule has 1 heterocycles. The molecule has 0 saturated heterocycles. The van der Waals surface area contributed by atoms with Crippen LogP contribution in [0.4, 0.5) is 0 Å². The molecule has 1 aliphatic carbocycles. The summed E-state index contributed by atoms with van der Waals surface area (Å²) in [7, 11) is 0. The Kier molecular flexibility index (Phi) is 2.66. The predicted molar refractivity (Wildman–Crippen MR) is 69.6 cm³/mol. The molecule has 1 aromatic carbocycles. The quantitative estimate of drug-likeness (QED) is 0.372. The molecule has 1 saturated carbocycles. The summed E-state index contributed by atoms with van der Waals surface area (Å²) < 4.78 is 2.20. The monoisotopic (exact) mass is 244 g/mol. The van der Waals surface area contributed by atoms with Gasteiger partial charge in [0, 0.05) is 6.54 Å². The molecule has 1 aliphatic rings. The molecular weight excluding hydrogens is 228 g/mol. The van der Waals surface area contributed by atoms with Crippen molar-refractivity contribution in [2.75, 3.05) is 0 Å². The van der Waals surface area contributed by atoms with Crippen molar-refractivity contribution >= 4 is 16.9 Å². The van der Waals surface area contributed by atoms with Gasteiger partial charge in [-0.1, -0.05) is 17.3 Å². The highest BCUT2D eigenvalue weighted by Gasteiger charge is 2.24. The summed E-state index contributed by atoms with van der Waals surface area (Å²) in [6, 6.07) is 8.06. The number of oxime groups is 1. The van der Waals surface area contributed by atoms with Crippen LogP contribution in [-0.2, 0) is 13.0 Å². The second kappa shape index (κ2) is 4.33. The molecule has 0 spiro atoms. The van der Waals surface area contributed by atoms with Gasteiger partial charge in [-0.25, -0.2) is 4.98 Å². The lowest BCUT2D eigenvalue weighted by Crippen LogP contribution is -2.18. The van der Waals surface area contributed by atoms with Crippen molar-refractivity contribution in [2.45, 2.75) is 25.8 Å². The van der Waals surface area contributed by atoms with Gasteiger partial charge < -0.3 is 15.5 Å². The molecule has 94 valence electrons. The van der Waals surface area contributed by atoms with E-state index in [0.717, 1.165) is 29.3 Å². The highest BCUT2D eigenvalue weighted by atomic mass is 16.4. The Balaban J connectivity index is 2.04. The topological polar surface area (TPSA) is 76.4 Å². The number of hydrogen-bond donors (Lipinski definition) is 2. The van der Waals surface area contributed by atoms with Crippen molar-refractivity contribution in [1.29, 1.82) is 0 Å². The summed E-state index contributed by atoms with van der Waals surface area (Å²) in [5.41, 5.74) is 7.69. The third-order valence-electron chi connectivity index (χ3n) is 3.34. The van der Waals surface area contributed by atoms with Gasteiger partial charge in [0.15, 0.2) is 0 Å². The average molecular weight is 244 g/mol. The van der Waals surface area contributed by atoms with E-state index in [2.05, 4.69) is 20.8 Å². The number of para-hydroxylation sites is 2. The summed E-state index contributed by atoms with van der Waals surface area (Å²) >= 11 is 0. The number of benzene rings is 1. The molecule has 18 heavy (non-hydrogen) atoms. The highest BCUT2D eigenvalue weighted by Crippen LogP contribution is 2.32. The van der Waals surface area contributed by atoms with Gasteiger partial charge >= 0.3 is 0 Å². The van der Waals surface area contributed by atoms with E-state index >= 15 is 0 Å². The number of imidazole rings is 1. The van der Waals surface area contributed by atoms with E-state index in [1.54, 1.807) is 0 Å². The smallest absolute Gasteiger partial charge is 0.146 e. The summed E-state index contributed by atoms with van der Waals surface area (Å²) in [6.07, 6.45) is 2.96. The van der Waals surface area contributed by atoms with E-state index in [0.29, 0.717) is 6.42 Å². The molecule has 1 fully saturated rings. The van der Waals surface area contributed by atoms with Crippen molar-refractivity contribution in [1.82, 2.24) is 9.55 Å². The lowest BCUT2D eigenvalue weighted by molar-refractivity contribution is 0.317. The zero-order valence-corrected chi connectivity index (χ0v) is 10.1. The molecule has 5 nitrogen and oxygen atoms in total. The first-order valence-corrected chi connectivity index (χ1v) is 6.18. The average Bonchev–Trinajstić information content (AvgIpc) is 3.14. The van der Waals surface area contributed by atoms with Gasteiger partial charge in [0.1, 0.15) is 11.7 Å². The fraction of sp³-hybridized carbons (Fsp3) is 0.385. The van der Waals surface area contributed by atoms with Crippen molar-refractivity contribution < 1.29 is 5.21 Å². The minimum Gasteiger partial charge on any atom is -0.409 e. The Hall–Kier alpha value is -2.04. The third-order valence-corrected chi connectivity index (χ3v) is 3.34. The lowest BCUT2D eigenvalue weighted by Gasteiger charge is -2.07. The van der Waals surface area contributed by atoms with Gasteiger partial charge in [0.25, 0.3) is 0 Å². The Morgan fingerprint density at radius 3 is 2.94 bits per heavy atom. The predicted octanol–water partition coefficient (Wildman–Crippen LogP) is 1.74. The van der Waals surface area contributed by atoms with Crippen LogP contribution in [0.3, 0.4) is 0 Å². The van der Waals surface area contributed by atoms with E-state index in [4.69, 9.17) is 10.9 Å². The van der Waals surface area contributed by atoms with E-state index in [-0.39, 0.29) is 5.84 Å². The van der Waals surface area contributed by atoms with Crippen molar-refractivity contribution in [2.24, 2.45) is 16.8 Å². The number of aromatic nitrogens is 2. The fourth-order valence-electron chi connectivity index (χ4n) is 2.22. The zero-order chi connectivity index (χ0) is 12.5. The molecule has 1 aromatic heterocycles. The van der Waals surface area contributed by atoms with Crippen LogP contribution in [-0.4, -0.2) is 20.6 Å². The van der Waals surface area contributed by atoms with Crippen LogP contribution in [0.15, 0.2) is 29.4 Å². The third kappa shape index (κ3) is 2.03. The molecule has 0 unspecified atom stereocenters. The van der Waals surface area contributed by atoms with Crippen molar-refractivity contribution in [3.8, 4) is 0 Å². The number of nitrogens with zero attached hydrogens (tertiary/aromatic N) is 3. The lowest BCUT2D eigenvalue weighted by atomic mass is 10.3. The van der Waals surface area contributed by atoms with E-state index in [9.17, 15) is 0 Å². The Morgan fingerprint density at radius 1 is 1.44 bits per heavy atom. The summed E-state index contributed by atoms with van der Waals surface area (Å²) in [4.78, 5) is 4.57. The summed E-state index contributed by atoms with van der Waals surface area (Å²) in [5, 5.41) is 11.7. The highest BCUT2D eigenvalue weighted by molar-refractivity contribution is 5.83. The van der Waals surface area contributed by atoms with E-state index < -0.39 is 0 Å². The van der Waals surface area contributed by atoms with Gasteiger partial charge in [0.05, 0.1) is 17.5 Å². The second-order valence-corrected chi connectivity index (χ2v) is 4.84. The maximum atomic E-state index is 8.68. The number of rotatable bonds is 4. The fourth-order valence-corrected chi connectivity index (χ4v) is 2.22. The van der Waals surface area contributed by atoms with Gasteiger partial charge in [-0.05, 0) is 30.9 Å². The molecule has 0 radical (unpaired) electrons. The first kappa shape index (κ1) is 11.1. The maximum Gasteiger partial charge on any atom is 0.146 e. The first-order chi connectivity index (χ1) is 8.78.